The van der Waals surface area contributed by atoms with Gasteiger partial charge in [-0.2, -0.15) is 4.98 Å². The number of anilines is 1. The van der Waals surface area contributed by atoms with E-state index in [2.05, 4.69) is 9.97 Å². The molecule has 0 N–H and O–H groups in total. The second-order valence-corrected chi connectivity index (χ2v) is 4.34. The third-order valence-corrected chi connectivity index (χ3v) is 2.98. The lowest BCUT2D eigenvalue weighted by atomic mass is 10.2. The van der Waals surface area contributed by atoms with Gasteiger partial charge in [0.05, 0.1) is 12.7 Å². The molecule has 5 nitrogen and oxygen atoms in total. The Morgan fingerprint density at radius 3 is 2.89 bits per heavy atom. The number of amides is 1. The summed E-state index contributed by atoms with van der Waals surface area (Å²) in [4.78, 5) is 21.9. The Bertz CT molecular complexity index is 619. The molecule has 2 heterocycles. The van der Waals surface area contributed by atoms with Crippen LogP contribution >= 0.6 is 11.6 Å². The average Bonchev–Trinajstić information content (AvgIpc) is 2.47. The van der Waals surface area contributed by atoms with Crippen LogP contribution in [0.1, 0.15) is 10.4 Å². The van der Waals surface area contributed by atoms with E-state index in [4.69, 9.17) is 16.3 Å². The zero-order valence-electron chi connectivity index (χ0n) is 9.91. The minimum atomic E-state index is -0.125. The van der Waals surface area contributed by atoms with Crippen LogP contribution < -0.4 is 9.64 Å². The molecule has 0 bridgehead atoms. The maximum atomic E-state index is 12.4. The summed E-state index contributed by atoms with van der Waals surface area (Å²) in [5, 5.41) is 0.0927. The normalized spacial score (nSPS) is 13.6. The molecule has 1 amide bonds. The Labute approximate surface area is 114 Å². The molecule has 96 valence electrons. The molecule has 0 saturated carbocycles. The van der Waals surface area contributed by atoms with Gasteiger partial charge in [0.2, 0.25) is 5.28 Å². The monoisotopic (exact) mass is 275 g/mol. The van der Waals surface area contributed by atoms with Gasteiger partial charge in [-0.15, -0.1) is 0 Å². The molecule has 0 saturated heterocycles. The molecular formula is C13H10ClN3O2. The average molecular weight is 276 g/mol. The summed E-state index contributed by atoms with van der Waals surface area (Å²) in [5.74, 6) is 0.764. The SMILES string of the molecule is O=C(c1ccccc1)N1CCOc2cnc(Cl)nc21. The van der Waals surface area contributed by atoms with Gasteiger partial charge in [0.1, 0.15) is 6.61 Å². The molecule has 0 aliphatic carbocycles. The van der Waals surface area contributed by atoms with Crippen LogP contribution in [-0.4, -0.2) is 29.0 Å². The van der Waals surface area contributed by atoms with Crippen molar-refractivity contribution in [2.24, 2.45) is 0 Å². The molecule has 3 rings (SSSR count). The van der Waals surface area contributed by atoms with Crippen molar-refractivity contribution in [3.63, 3.8) is 0 Å². The molecule has 6 heteroatoms. The number of nitrogens with zero attached hydrogens (tertiary/aromatic N) is 3. The van der Waals surface area contributed by atoms with Crippen molar-refractivity contribution in [3.05, 3.63) is 47.4 Å². The molecular weight excluding hydrogens is 266 g/mol. The molecule has 1 aromatic carbocycles. The molecule has 0 spiro atoms. The van der Waals surface area contributed by atoms with Crippen LogP contribution in [0.25, 0.3) is 0 Å². The number of hydrogen-bond acceptors (Lipinski definition) is 4. The highest BCUT2D eigenvalue weighted by atomic mass is 35.5. The summed E-state index contributed by atoms with van der Waals surface area (Å²) in [6, 6.07) is 9.03. The largest absolute Gasteiger partial charge is 0.486 e. The highest BCUT2D eigenvalue weighted by molar-refractivity contribution is 6.28. The Kier molecular flexibility index (Phi) is 3.05. The fraction of sp³-hybridized carbons (Fsp3) is 0.154. The van der Waals surface area contributed by atoms with Crippen molar-refractivity contribution in [3.8, 4) is 5.75 Å². The molecule has 0 atom stereocenters. The van der Waals surface area contributed by atoms with Crippen LogP contribution in [0.15, 0.2) is 36.5 Å². The standard InChI is InChI=1S/C13H10ClN3O2/c14-13-15-8-10-11(16-13)17(6-7-19-10)12(18)9-4-2-1-3-5-9/h1-5,8H,6-7H2. The van der Waals surface area contributed by atoms with Crippen molar-refractivity contribution in [1.29, 1.82) is 0 Å². The van der Waals surface area contributed by atoms with Gasteiger partial charge in [-0.25, -0.2) is 4.98 Å². The minimum Gasteiger partial charge on any atom is -0.486 e. The van der Waals surface area contributed by atoms with E-state index in [0.717, 1.165) is 0 Å². The maximum Gasteiger partial charge on any atom is 0.259 e. The topological polar surface area (TPSA) is 55.3 Å². The first-order chi connectivity index (χ1) is 9.25. The molecule has 0 fully saturated rings. The van der Waals surface area contributed by atoms with Crippen molar-refractivity contribution in [2.75, 3.05) is 18.1 Å². The molecule has 19 heavy (non-hydrogen) atoms. The van der Waals surface area contributed by atoms with Gasteiger partial charge in [-0.1, -0.05) is 18.2 Å². The van der Waals surface area contributed by atoms with E-state index < -0.39 is 0 Å². The first-order valence-corrected chi connectivity index (χ1v) is 6.16. The lowest BCUT2D eigenvalue weighted by Gasteiger charge is -2.28. The van der Waals surface area contributed by atoms with E-state index in [1.54, 1.807) is 17.0 Å². The van der Waals surface area contributed by atoms with E-state index in [1.807, 2.05) is 18.2 Å². The van der Waals surface area contributed by atoms with Gasteiger partial charge in [0.25, 0.3) is 5.91 Å². The highest BCUT2D eigenvalue weighted by Crippen LogP contribution is 2.30. The third kappa shape index (κ3) is 2.24. The molecule has 2 aromatic rings. The fourth-order valence-electron chi connectivity index (χ4n) is 1.92. The van der Waals surface area contributed by atoms with Crippen LogP contribution in [0, 0.1) is 0 Å². The zero-order valence-corrected chi connectivity index (χ0v) is 10.7. The summed E-state index contributed by atoms with van der Waals surface area (Å²) >= 11 is 5.78. The van der Waals surface area contributed by atoms with Crippen LogP contribution in [-0.2, 0) is 0 Å². The van der Waals surface area contributed by atoms with E-state index in [0.29, 0.717) is 30.3 Å². The predicted molar refractivity (Wildman–Crippen MR) is 70.7 cm³/mol. The van der Waals surface area contributed by atoms with E-state index >= 15 is 0 Å². The number of rotatable bonds is 1. The maximum absolute atomic E-state index is 12.4. The Morgan fingerprint density at radius 1 is 1.32 bits per heavy atom. The Hall–Kier alpha value is -2.14. The van der Waals surface area contributed by atoms with Crippen molar-refractivity contribution in [1.82, 2.24) is 9.97 Å². The van der Waals surface area contributed by atoms with Gasteiger partial charge in [-0.3, -0.25) is 9.69 Å². The number of ether oxygens (including phenoxy) is 1. The minimum absolute atomic E-state index is 0.0927. The lowest BCUT2D eigenvalue weighted by molar-refractivity contribution is 0.0975. The number of aromatic nitrogens is 2. The van der Waals surface area contributed by atoms with Gasteiger partial charge >= 0.3 is 0 Å². The number of benzene rings is 1. The van der Waals surface area contributed by atoms with Crippen LogP contribution in [0.3, 0.4) is 0 Å². The van der Waals surface area contributed by atoms with Gasteiger partial charge in [0.15, 0.2) is 11.6 Å². The Balaban J connectivity index is 2.00. The molecule has 1 aromatic heterocycles. The lowest BCUT2D eigenvalue weighted by Crippen LogP contribution is -2.38. The number of halogens is 1. The van der Waals surface area contributed by atoms with Crippen LogP contribution in [0.4, 0.5) is 5.82 Å². The van der Waals surface area contributed by atoms with E-state index in [9.17, 15) is 4.79 Å². The van der Waals surface area contributed by atoms with Crippen LogP contribution in [0.2, 0.25) is 5.28 Å². The predicted octanol–water partition coefficient (Wildman–Crippen LogP) is 2.17. The van der Waals surface area contributed by atoms with Crippen molar-refractivity contribution >= 4 is 23.3 Å². The summed E-state index contributed by atoms with van der Waals surface area (Å²) < 4.78 is 5.42. The van der Waals surface area contributed by atoms with Gasteiger partial charge < -0.3 is 4.74 Å². The zero-order chi connectivity index (χ0) is 13.2. The number of hydrogen-bond donors (Lipinski definition) is 0. The van der Waals surface area contributed by atoms with E-state index in [-0.39, 0.29) is 11.2 Å². The van der Waals surface area contributed by atoms with Crippen molar-refractivity contribution in [2.45, 2.75) is 0 Å². The first-order valence-electron chi connectivity index (χ1n) is 5.78. The highest BCUT2D eigenvalue weighted by Gasteiger charge is 2.26. The second kappa shape index (κ2) is 4.85. The summed E-state index contributed by atoms with van der Waals surface area (Å²) in [7, 11) is 0. The summed E-state index contributed by atoms with van der Waals surface area (Å²) in [6.07, 6.45) is 1.48. The van der Waals surface area contributed by atoms with Crippen LogP contribution in [0.5, 0.6) is 5.75 Å². The molecule has 0 unspecified atom stereocenters. The number of fused-ring (bicyclic) bond motifs is 1. The number of carbonyl (C=O) groups excluding carboxylic acids is 1. The summed E-state index contributed by atoms with van der Waals surface area (Å²) in [6.45, 7) is 0.852. The first kappa shape index (κ1) is 11.9. The smallest absolute Gasteiger partial charge is 0.259 e. The Morgan fingerprint density at radius 2 is 2.11 bits per heavy atom. The summed E-state index contributed by atoms with van der Waals surface area (Å²) in [5.41, 5.74) is 0.602. The molecule has 0 radical (unpaired) electrons. The second-order valence-electron chi connectivity index (χ2n) is 4.00. The molecule has 1 aliphatic heterocycles. The quantitative estimate of drug-likeness (QED) is 0.749. The molecule has 1 aliphatic rings. The van der Waals surface area contributed by atoms with Gasteiger partial charge in [-0.05, 0) is 23.7 Å². The van der Waals surface area contributed by atoms with Gasteiger partial charge in [0, 0.05) is 5.56 Å². The number of carbonyl (C=O) groups is 1. The fourth-order valence-corrected chi connectivity index (χ4v) is 2.05. The third-order valence-electron chi connectivity index (χ3n) is 2.80. The van der Waals surface area contributed by atoms with Crippen molar-refractivity contribution < 1.29 is 9.53 Å². The van der Waals surface area contributed by atoms with E-state index in [1.165, 1.54) is 6.20 Å².